The molecule has 8 heteroatoms. The summed E-state index contributed by atoms with van der Waals surface area (Å²) < 4.78 is 25.5. The number of likely N-dealkylation sites (N-methyl/N-ethyl adjacent to an activating group) is 1. The minimum Gasteiger partial charge on any atom is -0.349 e. The Balaban J connectivity index is 1.70. The van der Waals surface area contributed by atoms with Crippen molar-refractivity contribution in [3.63, 3.8) is 0 Å². The lowest BCUT2D eigenvalue weighted by molar-refractivity contribution is -0.127. The summed E-state index contributed by atoms with van der Waals surface area (Å²) in [6.45, 7) is 0.431. The minimum atomic E-state index is -3.29. The number of hydrogen-bond donors (Lipinski definition) is 1. The molecule has 1 aliphatic rings. The second-order valence-electron chi connectivity index (χ2n) is 6.91. The molecular weight excluding hydrogens is 378 g/mol. The number of hydrogen-bond acceptors (Lipinski definition) is 4. The van der Waals surface area contributed by atoms with Crippen LogP contribution in [0.15, 0.2) is 48.5 Å². The molecule has 1 N–H and O–H groups in total. The summed E-state index contributed by atoms with van der Waals surface area (Å²) >= 11 is 0. The first kappa shape index (κ1) is 19.9. The number of nitrogens with one attached hydrogen (secondary N) is 1. The van der Waals surface area contributed by atoms with Gasteiger partial charge in [0.25, 0.3) is 5.91 Å². The minimum absolute atomic E-state index is 0.00506. The lowest BCUT2D eigenvalue weighted by Gasteiger charge is -2.17. The van der Waals surface area contributed by atoms with E-state index in [1.165, 1.54) is 9.21 Å². The third kappa shape index (κ3) is 4.51. The molecule has 1 aliphatic heterocycles. The summed E-state index contributed by atoms with van der Waals surface area (Å²) in [5, 5.41) is 2.80. The van der Waals surface area contributed by atoms with E-state index in [0.29, 0.717) is 36.3 Å². The zero-order chi connectivity index (χ0) is 20.3. The smallest absolute Gasteiger partial charge is 0.255 e. The van der Waals surface area contributed by atoms with Crippen molar-refractivity contribution in [1.82, 2.24) is 4.90 Å². The summed E-state index contributed by atoms with van der Waals surface area (Å²) in [7, 11) is 0.122. The summed E-state index contributed by atoms with van der Waals surface area (Å²) in [6.07, 6.45) is 0.884. The van der Waals surface area contributed by atoms with Crippen LogP contribution in [-0.4, -0.2) is 51.5 Å². The van der Waals surface area contributed by atoms with E-state index in [4.69, 9.17) is 0 Å². The van der Waals surface area contributed by atoms with Crippen LogP contribution in [0.5, 0.6) is 0 Å². The van der Waals surface area contributed by atoms with Crippen molar-refractivity contribution < 1.29 is 18.0 Å². The van der Waals surface area contributed by atoms with Gasteiger partial charge in [0.05, 0.1) is 17.9 Å². The molecule has 2 amide bonds. The van der Waals surface area contributed by atoms with Gasteiger partial charge in [-0.15, -0.1) is 0 Å². The van der Waals surface area contributed by atoms with Crippen LogP contribution in [0.25, 0.3) is 0 Å². The third-order valence-electron chi connectivity index (χ3n) is 4.56. The highest BCUT2D eigenvalue weighted by atomic mass is 32.2. The van der Waals surface area contributed by atoms with Gasteiger partial charge < -0.3 is 10.2 Å². The van der Waals surface area contributed by atoms with E-state index >= 15 is 0 Å². The first-order chi connectivity index (χ1) is 13.3. The summed E-state index contributed by atoms with van der Waals surface area (Å²) in [6, 6.07) is 13.7. The molecule has 148 valence electrons. The number of carbonyl (C=O) groups excluding carboxylic acids is 2. The Morgan fingerprint density at radius 2 is 1.82 bits per heavy atom. The number of sulfonamides is 1. The second kappa shape index (κ2) is 8.02. The molecular formula is C20H23N3O4S. The molecule has 0 atom stereocenters. The highest BCUT2D eigenvalue weighted by Crippen LogP contribution is 2.25. The van der Waals surface area contributed by atoms with Crippen molar-refractivity contribution in [1.29, 1.82) is 0 Å². The fourth-order valence-electron chi connectivity index (χ4n) is 2.97. The van der Waals surface area contributed by atoms with Gasteiger partial charge in [-0.2, -0.15) is 0 Å². The SMILES string of the molecule is CN(C)C(=O)Cc1ccc(NC(=O)c2cccc(N3CCCS3(=O)=O)c2)cc1. The average molecular weight is 401 g/mol. The van der Waals surface area contributed by atoms with Gasteiger partial charge in [0.1, 0.15) is 0 Å². The highest BCUT2D eigenvalue weighted by molar-refractivity contribution is 7.93. The topological polar surface area (TPSA) is 86.8 Å². The number of amides is 2. The summed E-state index contributed by atoms with van der Waals surface area (Å²) in [5.41, 5.74) is 2.34. The van der Waals surface area contributed by atoms with E-state index < -0.39 is 10.0 Å². The number of benzene rings is 2. The van der Waals surface area contributed by atoms with Gasteiger partial charge in [0.2, 0.25) is 15.9 Å². The van der Waals surface area contributed by atoms with E-state index in [9.17, 15) is 18.0 Å². The van der Waals surface area contributed by atoms with E-state index in [-0.39, 0.29) is 17.6 Å². The first-order valence-electron chi connectivity index (χ1n) is 8.97. The predicted molar refractivity (Wildman–Crippen MR) is 109 cm³/mol. The number of nitrogens with zero attached hydrogens (tertiary/aromatic N) is 2. The molecule has 1 saturated heterocycles. The molecule has 3 rings (SSSR count). The number of rotatable bonds is 5. The van der Waals surface area contributed by atoms with Crippen LogP contribution in [-0.2, 0) is 21.2 Å². The van der Waals surface area contributed by atoms with Crippen molar-refractivity contribution in [3.05, 3.63) is 59.7 Å². The summed E-state index contributed by atoms with van der Waals surface area (Å²) in [4.78, 5) is 25.8. The van der Waals surface area contributed by atoms with Crippen LogP contribution in [0, 0.1) is 0 Å². The van der Waals surface area contributed by atoms with Gasteiger partial charge in [-0.1, -0.05) is 18.2 Å². The quantitative estimate of drug-likeness (QED) is 0.831. The maximum atomic E-state index is 12.6. The monoisotopic (exact) mass is 401 g/mol. The Bertz CT molecular complexity index is 985. The highest BCUT2D eigenvalue weighted by Gasteiger charge is 2.28. The zero-order valence-electron chi connectivity index (χ0n) is 15.9. The number of anilines is 2. The van der Waals surface area contributed by atoms with Crippen LogP contribution in [0.4, 0.5) is 11.4 Å². The molecule has 1 heterocycles. The van der Waals surface area contributed by atoms with Crippen LogP contribution in [0.2, 0.25) is 0 Å². The van der Waals surface area contributed by atoms with Crippen LogP contribution in [0.1, 0.15) is 22.3 Å². The van der Waals surface area contributed by atoms with Gasteiger partial charge in [-0.3, -0.25) is 13.9 Å². The maximum Gasteiger partial charge on any atom is 0.255 e. The molecule has 0 spiro atoms. The van der Waals surface area contributed by atoms with Gasteiger partial charge in [0, 0.05) is 31.9 Å². The summed E-state index contributed by atoms with van der Waals surface area (Å²) in [5.74, 6) is -0.187. The molecule has 0 aliphatic carbocycles. The van der Waals surface area contributed by atoms with Crippen LogP contribution >= 0.6 is 0 Å². The average Bonchev–Trinajstić information content (AvgIpc) is 3.02. The Morgan fingerprint density at radius 3 is 2.43 bits per heavy atom. The fourth-order valence-corrected chi connectivity index (χ4v) is 4.53. The molecule has 2 aromatic carbocycles. The van der Waals surface area contributed by atoms with Gasteiger partial charge in [0.15, 0.2) is 0 Å². The van der Waals surface area contributed by atoms with Crippen molar-refractivity contribution >= 4 is 33.2 Å². The lowest BCUT2D eigenvalue weighted by Crippen LogP contribution is -2.25. The molecule has 0 saturated carbocycles. The van der Waals surface area contributed by atoms with E-state index in [1.807, 2.05) is 0 Å². The maximum absolute atomic E-state index is 12.6. The third-order valence-corrected chi connectivity index (χ3v) is 6.43. The Morgan fingerprint density at radius 1 is 1.11 bits per heavy atom. The molecule has 0 unspecified atom stereocenters. The van der Waals surface area contributed by atoms with Crippen LogP contribution in [0.3, 0.4) is 0 Å². The molecule has 28 heavy (non-hydrogen) atoms. The second-order valence-corrected chi connectivity index (χ2v) is 8.92. The Labute approximate surface area is 165 Å². The molecule has 0 bridgehead atoms. The molecule has 7 nitrogen and oxygen atoms in total. The van der Waals surface area contributed by atoms with E-state index in [1.54, 1.807) is 62.6 Å². The van der Waals surface area contributed by atoms with E-state index in [2.05, 4.69) is 5.32 Å². The standard InChI is InChI=1S/C20H23N3O4S/c1-22(2)19(24)13-15-7-9-17(10-8-15)21-20(25)16-5-3-6-18(14-16)23-11-4-12-28(23,26)27/h3,5-10,14H,4,11-13H2,1-2H3,(H,21,25). The normalized spacial score (nSPS) is 15.3. The van der Waals surface area contributed by atoms with Crippen molar-refractivity contribution in [2.45, 2.75) is 12.8 Å². The molecule has 0 aromatic heterocycles. The Kier molecular flexibility index (Phi) is 5.69. The van der Waals surface area contributed by atoms with Gasteiger partial charge >= 0.3 is 0 Å². The van der Waals surface area contributed by atoms with Crippen molar-refractivity contribution in [2.75, 3.05) is 36.0 Å². The van der Waals surface area contributed by atoms with Crippen molar-refractivity contribution in [2.24, 2.45) is 0 Å². The molecule has 1 fully saturated rings. The largest absolute Gasteiger partial charge is 0.349 e. The first-order valence-corrected chi connectivity index (χ1v) is 10.6. The van der Waals surface area contributed by atoms with Gasteiger partial charge in [-0.25, -0.2) is 8.42 Å². The lowest BCUT2D eigenvalue weighted by atomic mass is 10.1. The van der Waals surface area contributed by atoms with Crippen molar-refractivity contribution in [3.8, 4) is 0 Å². The molecule has 0 radical (unpaired) electrons. The predicted octanol–water partition coefficient (Wildman–Crippen LogP) is 2.11. The Hall–Kier alpha value is -2.87. The molecule has 2 aromatic rings. The van der Waals surface area contributed by atoms with E-state index in [0.717, 1.165) is 5.56 Å². The zero-order valence-corrected chi connectivity index (χ0v) is 16.7. The van der Waals surface area contributed by atoms with Crippen LogP contribution < -0.4 is 9.62 Å². The fraction of sp³-hybridized carbons (Fsp3) is 0.300. The van der Waals surface area contributed by atoms with Gasteiger partial charge in [-0.05, 0) is 42.3 Å². The number of carbonyl (C=O) groups is 2.